The van der Waals surface area contributed by atoms with Gasteiger partial charge in [0, 0.05) is 18.1 Å². The zero-order valence-corrected chi connectivity index (χ0v) is 16.0. The summed E-state index contributed by atoms with van der Waals surface area (Å²) < 4.78 is 7.10. The number of aromatic hydroxyl groups is 1. The molecule has 1 saturated heterocycles. The maximum atomic E-state index is 13.5. The standard InChI is InChI=1S/C22H25N3O3/c1-16-13-19(26)20(22(27)25(16)15-18-8-6-12-28-18)21(17-7-5-9-23-14-17)24-10-3-2-4-11-24/h5-9,12-14,21,26H,2-4,10-11,15H2,1H3/t21-/m0/s1. The average Bonchev–Trinajstić information content (AvgIpc) is 3.23. The molecule has 1 atom stereocenters. The number of nitrogens with zero attached hydrogens (tertiary/aromatic N) is 3. The van der Waals surface area contributed by atoms with E-state index in [1.807, 2.05) is 31.2 Å². The number of piperidine rings is 1. The Bertz CT molecular complexity index is 974. The van der Waals surface area contributed by atoms with E-state index < -0.39 is 0 Å². The summed E-state index contributed by atoms with van der Waals surface area (Å²) in [5.41, 5.74) is 1.84. The maximum Gasteiger partial charge on any atom is 0.260 e. The van der Waals surface area contributed by atoms with Crippen molar-refractivity contribution in [2.75, 3.05) is 13.1 Å². The zero-order chi connectivity index (χ0) is 19.5. The van der Waals surface area contributed by atoms with Crippen LogP contribution in [0.1, 0.15) is 47.9 Å². The van der Waals surface area contributed by atoms with Gasteiger partial charge in [-0.05, 0) is 62.7 Å². The highest BCUT2D eigenvalue weighted by Crippen LogP contribution is 2.34. The van der Waals surface area contributed by atoms with Crippen LogP contribution in [0.3, 0.4) is 0 Å². The van der Waals surface area contributed by atoms with Crippen molar-refractivity contribution in [3.05, 3.63) is 81.9 Å². The number of pyridine rings is 2. The zero-order valence-electron chi connectivity index (χ0n) is 16.0. The van der Waals surface area contributed by atoms with Gasteiger partial charge in [0.15, 0.2) is 0 Å². The SMILES string of the molecule is Cc1cc(O)c([C@H](c2cccnc2)N2CCCCC2)c(=O)n1Cc1ccco1. The molecule has 1 N–H and O–H groups in total. The van der Waals surface area contributed by atoms with E-state index >= 15 is 0 Å². The van der Waals surface area contributed by atoms with Gasteiger partial charge in [0.25, 0.3) is 5.56 Å². The second-order valence-electron chi connectivity index (χ2n) is 7.34. The molecule has 0 bridgehead atoms. The highest BCUT2D eigenvalue weighted by atomic mass is 16.3. The molecule has 0 aliphatic carbocycles. The van der Waals surface area contributed by atoms with Gasteiger partial charge in [0.05, 0.1) is 24.4 Å². The Hall–Kier alpha value is -2.86. The highest BCUT2D eigenvalue weighted by Gasteiger charge is 2.30. The molecule has 1 aliphatic rings. The summed E-state index contributed by atoms with van der Waals surface area (Å²) in [6.07, 6.45) is 8.48. The summed E-state index contributed by atoms with van der Waals surface area (Å²) in [6.45, 7) is 3.95. The van der Waals surface area contributed by atoms with Crippen molar-refractivity contribution in [3.8, 4) is 5.75 Å². The summed E-state index contributed by atoms with van der Waals surface area (Å²) in [6, 6.07) is 8.86. The Morgan fingerprint density at radius 3 is 2.71 bits per heavy atom. The van der Waals surface area contributed by atoms with Gasteiger partial charge in [-0.3, -0.25) is 14.7 Å². The molecule has 0 spiro atoms. The van der Waals surface area contributed by atoms with Gasteiger partial charge in [0.2, 0.25) is 0 Å². The molecule has 146 valence electrons. The second-order valence-corrected chi connectivity index (χ2v) is 7.34. The molecule has 6 heteroatoms. The van der Waals surface area contributed by atoms with Gasteiger partial charge < -0.3 is 14.1 Å². The molecule has 0 aromatic carbocycles. The Balaban J connectivity index is 1.84. The summed E-state index contributed by atoms with van der Waals surface area (Å²) >= 11 is 0. The minimum Gasteiger partial charge on any atom is -0.507 e. The largest absolute Gasteiger partial charge is 0.507 e. The molecule has 28 heavy (non-hydrogen) atoms. The van der Waals surface area contributed by atoms with Crippen LogP contribution in [0.15, 0.2) is 58.2 Å². The van der Waals surface area contributed by atoms with Crippen molar-refractivity contribution in [2.45, 2.75) is 38.8 Å². The Morgan fingerprint density at radius 2 is 2.04 bits per heavy atom. The van der Waals surface area contributed by atoms with Crippen molar-refractivity contribution in [2.24, 2.45) is 0 Å². The highest BCUT2D eigenvalue weighted by molar-refractivity contribution is 5.40. The molecular formula is C22H25N3O3. The van der Waals surface area contributed by atoms with Crippen molar-refractivity contribution in [3.63, 3.8) is 0 Å². The third-order valence-corrected chi connectivity index (χ3v) is 5.45. The Morgan fingerprint density at radius 1 is 1.21 bits per heavy atom. The van der Waals surface area contributed by atoms with Crippen LogP contribution in [0.5, 0.6) is 5.75 Å². The van der Waals surface area contributed by atoms with Gasteiger partial charge in [-0.25, -0.2) is 0 Å². The van der Waals surface area contributed by atoms with Gasteiger partial charge in [0.1, 0.15) is 11.5 Å². The van der Waals surface area contributed by atoms with E-state index in [1.54, 1.807) is 29.3 Å². The first kappa shape index (κ1) is 18.5. The van der Waals surface area contributed by atoms with Crippen molar-refractivity contribution >= 4 is 0 Å². The number of aryl methyl sites for hydroxylation is 1. The first-order valence-electron chi connectivity index (χ1n) is 9.75. The van der Waals surface area contributed by atoms with Crippen molar-refractivity contribution in [1.82, 2.24) is 14.5 Å². The number of likely N-dealkylation sites (tertiary alicyclic amines) is 1. The summed E-state index contributed by atoms with van der Waals surface area (Å²) in [7, 11) is 0. The molecule has 4 rings (SSSR count). The lowest BCUT2D eigenvalue weighted by Crippen LogP contribution is -2.38. The van der Waals surface area contributed by atoms with Crippen LogP contribution in [0.2, 0.25) is 0 Å². The number of aromatic nitrogens is 2. The molecule has 0 saturated carbocycles. The quantitative estimate of drug-likeness (QED) is 0.735. The van der Waals surface area contributed by atoms with Crippen molar-refractivity contribution in [1.29, 1.82) is 0 Å². The van der Waals surface area contributed by atoms with Crippen LogP contribution in [-0.4, -0.2) is 32.6 Å². The molecule has 0 amide bonds. The monoisotopic (exact) mass is 379 g/mol. The second kappa shape index (κ2) is 8.02. The number of hydrogen-bond acceptors (Lipinski definition) is 5. The predicted octanol–water partition coefficient (Wildman–Crippen LogP) is 3.47. The molecule has 3 aromatic heterocycles. The van der Waals surface area contributed by atoms with Crippen LogP contribution in [0, 0.1) is 6.92 Å². The molecule has 0 unspecified atom stereocenters. The van der Waals surface area contributed by atoms with E-state index in [2.05, 4.69) is 9.88 Å². The number of rotatable bonds is 5. The lowest BCUT2D eigenvalue weighted by molar-refractivity contribution is 0.183. The van der Waals surface area contributed by atoms with Crippen LogP contribution in [-0.2, 0) is 6.54 Å². The van der Waals surface area contributed by atoms with Gasteiger partial charge in [-0.2, -0.15) is 0 Å². The Kier molecular flexibility index (Phi) is 5.30. The molecule has 1 aliphatic heterocycles. The lowest BCUT2D eigenvalue weighted by Gasteiger charge is -2.35. The van der Waals surface area contributed by atoms with Crippen LogP contribution < -0.4 is 5.56 Å². The van der Waals surface area contributed by atoms with Crippen LogP contribution >= 0.6 is 0 Å². The minimum atomic E-state index is -0.315. The maximum absolute atomic E-state index is 13.5. The third-order valence-electron chi connectivity index (χ3n) is 5.45. The smallest absolute Gasteiger partial charge is 0.260 e. The molecule has 3 aromatic rings. The first-order chi connectivity index (χ1) is 13.6. The third kappa shape index (κ3) is 3.60. The fourth-order valence-electron chi connectivity index (χ4n) is 4.05. The van der Waals surface area contributed by atoms with Gasteiger partial charge in [-0.15, -0.1) is 0 Å². The van der Waals surface area contributed by atoms with Gasteiger partial charge >= 0.3 is 0 Å². The van der Waals surface area contributed by atoms with E-state index in [1.165, 1.54) is 6.42 Å². The number of hydrogen-bond donors (Lipinski definition) is 1. The minimum absolute atomic E-state index is 0.0395. The first-order valence-corrected chi connectivity index (χ1v) is 9.75. The molecule has 4 heterocycles. The number of furan rings is 1. The topological polar surface area (TPSA) is 71.5 Å². The normalized spacial score (nSPS) is 16.2. The summed E-state index contributed by atoms with van der Waals surface area (Å²) in [4.78, 5) is 20.0. The van der Waals surface area contributed by atoms with Gasteiger partial charge in [-0.1, -0.05) is 12.5 Å². The van der Waals surface area contributed by atoms with Crippen molar-refractivity contribution < 1.29 is 9.52 Å². The van der Waals surface area contributed by atoms with E-state index in [4.69, 9.17) is 4.42 Å². The van der Waals surface area contributed by atoms with E-state index in [0.29, 0.717) is 23.6 Å². The predicted molar refractivity (Wildman–Crippen MR) is 106 cm³/mol. The van der Waals surface area contributed by atoms with Crippen LogP contribution in [0.25, 0.3) is 0 Å². The molecule has 6 nitrogen and oxygen atoms in total. The van der Waals surface area contributed by atoms with Crippen LogP contribution in [0.4, 0.5) is 0 Å². The molecule has 0 radical (unpaired) electrons. The fraction of sp³-hybridized carbons (Fsp3) is 0.364. The van der Waals surface area contributed by atoms with E-state index in [0.717, 1.165) is 31.5 Å². The fourth-order valence-corrected chi connectivity index (χ4v) is 4.05. The van der Waals surface area contributed by atoms with E-state index in [9.17, 15) is 9.90 Å². The lowest BCUT2D eigenvalue weighted by atomic mass is 9.96. The summed E-state index contributed by atoms with van der Waals surface area (Å²) in [5.74, 6) is 0.746. The summed E-state index contributed by atoms with van der Waals surface area (Å²) in [5, 5.41) is 10.8. The molecular weight excluding hydrogens is 354 g/mol. The average molecular weight is 379 g/mol. The van der Waals surface area contributed by atoms with E-state index in [-0.39, 0.29) is 17.4 Å². The Labute approximate surface area is 164 Å². The molecule has 1 fully saturated rings.